The molecule has 0 radical (unpaired) electrons. The van der Waals surface area contributed by atoms with E-state index in [0.717, 1.165) is 67.3 Å². The molecule has 0 atom stereocenters. The van der Waals surface area contributed by atoms with Crippen LogP contribution in [0.4, 0.5) is 5.13 Å². The molecule has 3 aliphatic rings. The topological polar surface area (TPSA) is 78.4 Å². The Hall–Kier alpha value is -1.35. The number of aromatic nitrogens is 2. The Morgan fingerprint density at radius 2 is 1.76 bits per heavy atom. The van der Waals surface area contributed by atoms with Crippen LogP contribution in [0.3, 0.4) is 0 Å². The highest BCUT2D eigenvalue weighted by molar-refractivity contribution is 8.01. The number of carbonyl (C=O) groups is 2. The molecule has 184 valence electrons. The first-order chi connectivity index (χ1) is 16.1. The van der Waals surface area contributed by atoms with Crippen molar-refractivity contribution in [2.45, 2.75) is 87.9 Å². The SMILES string of the molecule is CCCCC1CCC(C(=O)N2CCN(c3nnc(SCC(=O)NC4CCCC4)s3)CC2)CC1. The summed E-state index contributed by atoms with van der Waals surface area (Å²) in [5.41, 5.74) is 0. The summed E-state index contributed by atoms with van der Waals surface area (Å²) in [5, 5.41) is 12.7. The molecule has 2 heterocycles. The summed E-state index contributed by atoms with van der Waals surface area (Å²) in [6.07, 6.45) is 13.2. The fourth-order valence-corrected chi connectivity index (χ4v) is 7.13. The molecule has 1 aromatic rings. The van der Waals surface area contributed by atoms with E-state index in [9.17, 15) is 9.59 Å². The van der Waals surface area contributed by atoms with E-state index >= 15 is 0 Å². The maximum Gasteiger partial charge on any atom is 0.230 e. The van der Waals surface area contributed by atoms with Crippen molar-refractivity contribution in [1.82, 2.24) is 20.4 Å². The number of hydrogen-bond donors (Lipinski definition) is 1. The van der Waals surface area contributed by atoms with Crippen LogP contribution in [0.25, 0.3) is 0 Å². The zero-order valence-corrected chi connectivity index (χ0v) is 21.6. The number of rotatable bonds is 9. The second kappa shape index (κ2) is 12.4. The smallest absolute Gasteiger partial charge is 0.230 e. The lowest BCUT2D eigenvalue weighted by molar-refractivity contribution is -0.137. The summed E-state index contributed by atoms with van der Waals surface area (Å²) in [6, 6.07) is 0.359. The zero-order chi connectivity index (χ0) is 23.0. The molecule has 9 heteroatoms. The Kier molecular flexibility index (Phi) is 9.29. The molecule has 2 saturated carbocycles. The second-order valence-corrected chi connectivity index (χ2v) is 12.0. The van der Waals surface area contributed by atoms with Crippen molar-refractivity contribution >= 4 is 40.0 Å². The van der Waals surface area contributed by atoms with Crippen molar-refractivity contribution in [2.75, 3.05) is 36.8 Å². The molecule has 2 amide bonds. The number of anilines is 1. The Labute approximate surface area is 206 Å². The highest BCUT2D eigenvalue weighted by Gasteiger charge is 2.31. The summed E-state index contributed by atoms with van der Waals surface area (Å²) in [5.74, 6) is 1.92. The predicted octanol–water partition coefficient (Wildman–Crippen LogP) is 4.33. The van der Waals surface area contributed by atoms with Gasteiger partial charge in [0, 0.05) is 38.1 Å². The van der Waals surface area contributed by atoms with E-state index in [1.54, 1.807) is 11.3 Å². The lowest BCUT2D eigenvalue weighted by Gasteiger charge is -2.37. The van der Waals surface area contributed by atoms with Crippen LogP contribution in [0.2, 0.25) is 0 Å². The molecule has 7 nitrogen and oxygen atoms in total. The lowest BCUT2D eigenvalue weighted by atomic mass is 9.79. The van der Waals surface area contributed by atoms with Gasteiger partial charge in [-0.3, -0.25) is 9.59 Å². The van der Waals surface area contributed by atoms with Crippen LogP contribution in [-0.4, -0.2) is 64.9 Å². The molecule has 2 aliphatic carbocycles. The molecule has 1 aromatic heterocycles. The first-order valence-electron chi connectivity index (χ1n) is 12.9. The van der Waals surface area contributed by atoms with Crippen molar-refractivity contribution < 1.29 is 9.59 Å². The molecule has 0 aromatic carbocycles. The van der Waals surface area contributed by atoms with E-state index < -0.39 is 0 Å². The summed E-state index contributed by atoms with van der Waals surface area (Å²) >= 11 is 3.02. The average molecular weight is 494 g/mol. The van der Waals surface area contributed by atoms with Crippen molar-refractivity contribution in [3.05, 3.63) is 0 Å². The number of nitrogens with zero attached hydrogens (tertiary/aromatic N) is 4. The van der Waals surface area contributed by atoms with Gasteiger partial charge in [-0.1, -0.05) is 62.1 Å². The van der Waals surface area contributed by atoms with Crippen LogP contribution in [-0.2, 0) is 9.59 Å². The van der Waals surface area contributed by atoms with E-state index in [1.165, 1.54) is 56.7 Å². The van der Waals surface area contributed by atoms with Gasteiger partial charge >= 0.3 is 0 Å². The number of unbranched alkanes of at least 4 members (excludes halogenated alkanes) is 1. The van der Waals surface area contributed by atoms with Crippen LogP contribution in [0.15, 0.2) is 4.34 Å². The molecular weight excluding hydrogens is 454 g/mol. The van der Waals surface area contributed by atoms with Gasteiger partial charge in [0.05, 0.1) is 5.75 Å². The van der Waals surface area contributed by atoms with Gasteiger partial charge in [0.15, 0.2) is 4.34 Å². The molecule has 1 N–H and O–H groups in total. The number of amides is 2. The highest BCUT2D eigenvalue weighted by atomic mass is 32.2. The minimum Gasteiger partial charge on any atom is -0.353 e. The van der Waals surface area contributed by atoms with Crippen LogP contribution in [0.1, 0.15) is 77.6 Å². The zero-order valence-electron chi connectivity index (χ0n) is 20.0. The van der Waals surface area contributed by atoms with Gasteiger partial charge in [0.1, 0.15) is 0 Å². The Morgan fingerprint density at radius 1 is 1.03 bits per heavy atom. The molecular formula is C24H39N5O2S2. The average Bonchev–Trinajstić information content (AvgIpc) is 3.54. The monoisotopic (exact) mass is 493 g/mol. The molecule has 0 unspecified atom stereocenters. The largest absolute Gasteiger partial charge is 0.353 e. The van der Waals surface area contributed by atoms with Gasteiger partial charge in [0.25, 0.3) is 0 Å². The molecule has 4 rings (SSSR count). The van der Waals surface area contributed by atoms with E-state index in [1.807, 2.05) is 0 Å². The third-order valence-electron chi connectivity index (χ3n) is 7.47. The van der Waals surface area contributed by atoms with Crippen molar-refractivity contribution in [2.24, 2.45) is 11.8 Å². The maximum atomic E-state index is 13.0. The van der Waals surface area contributed by atoms with Gasteiger partial charge in [-0.25, -0.2) is 0 Å². The van der Waals surface area contributed by atoms with Gasteiger partial charge < -0.3 is 15.1 Å². The van der Waals surface area contributed by atoms with Gasteiger partial charge in [-0.15, -0.1) is 10.2 Å². The minimum atomic E-state index is 0.0928. The summed E-state index contributed by atoms with van der Waals surface area (Å²) in [7, 11) is 0. The second-order valence-electron chi connectivity index (χ2n) is 9.86. The molecule has 33 heavy (non-hydrogen) atoms. The van der Waals surface area contributed by atoms with Crippen LogP contribution >= 0.6 is 23.1 Å². The Bertz CT molecular complexity index is 767. The summed E-state index contributed by atoms with van der Waals surface area (Å²) in [4.78, 5) is 29.5. The van der Waals surface area contributed by atoms with Gasteiger partial charge in [-0.2, -0.15) is 0 Å². The van der Waals surface area contributed by atoms with Crippen LogP contribution in [0, 0.1) is 11.8 Å². The van der Waals surface area contributed by atoms with E-state index in [4.69, 9.17) is 0 Å². The third kappa shape index (κ3) is 7.07. The Morgan fingerprint density at radius 3 is 2.45 bits per heavy atom. The number of hydrogen-bond acceptors (Lipinski definition) is 7. The normalized spacial score (nSPS) is 24.3. The van der Waals surface area contributed by atoms with Crippen LogP contribution in [0.5, 0.6) is 0 Å². The van der Waals surface area contributed by atoms with Crippen molar-refractivity contribution in [1.29, 1.82) is 0 Å². The third-order valence-corrected chi connectivity index (χ3v) is 9.58. The van der Waals surface area contributed by atoms with Gasteiger partial charge in [-0.05, 0) is 44.4 Å². The van der Waals surface area contributed by atoms with Gasteiger partial charge in [0.2, 0.25) is 16.9 Å². The molecule has 0 bridgehead atoms. The van der Waals surface area contributed by atoms with Crippen molar-refractivity contribution in [3.63, 3.8) is 0 Å². The first-order valence-corrected chi connectivity index (χ1v) is 14.7. The number of carbonyl (C=O) groups excluding carboxylic acids is 2. The summed E-state index contributed by atoms with van der Waals surface area (Å²) in [6.45, 7) is 5.39. The molecule has 0 spiro atoms. The number of nitrogens with one attached hydrogen (secondary N) is 1. The molecule has 1 saturated heterocycles. The lowest BCUT2D eigenvalue weighted by Crippen LogP contribution is -2.50. The standard InChI is InChI=1S/C24H39N5O2S2/c1-2-3-6-18-9-11-19(12-10-18)22(31)28-13-15-29(16-14-28)23-26-27-24(33-23)32-17-21(30)25-20-7-4-5-8-20/h18-20H,2-17H2,1H3,(H,25,30). The van der Waals surface area contributed by atoms with E-state index in [-0.39, 0.29) is 11.8 Å². The molecule has 1 aliphatic heterocycles. The molecule has 3 fully saturated rings. The fourth-order valence-electron chi connectivity index (χ4n) is 5.42. The van der Waals surface area contributed by atoms with Crippen molar-refractivity contribution in [3.8, 4) is 0 Å². The quantitative estimate of drug-likeness (QED) is 0.516. The number of piperazine rings is 1. The van der Waals surface area contributed by atoms with E-state index in [2.05, 4.69) is 32.2 Å². The summed E-state index contributed by atoms with van der Waals surface area (Å²) < 4.78 is 0.838. The maximum absolute atomic E-state index is 13.0. The Balaban J connectivity index is 1.17. The number of thioether (sulfide) groups is 1. The van der Waals surface area contributed by atoms with E-state index in [0.29, 0.717) is 17.7 Å². The fraction of sp³-hybridized carbons (Fsp3) is 0.833. The van der Waals surface area contributed by atoms with Crippen LogP contribution < -0.4 is 10.2 Å². The highest BCUT2D eigenvalue weighted by Crippen LogP contribution is 2.34. The first kappa shape index (κ1) is 24.8. The predicted molar refractivity (Wildman–Crippen MR) is 135 cm³/mol. The minimum absolute atomic E-state index is 0.0928.